The first-order valence-corrected chi connectivity index (χ1v) is 6.50. The second-order valence-electron chi connectivity index (χ2n) is 4.19. The Morgan fingerprint density at radius 2 is 2.30 bits per heavy atom. The van der Waals surface area contributed by atoms with Gasteiger partial charge in [0.15, 0.2) is 5.76 Å². The molecule has 1 aromatic heterocycles. The molecular weight excluding hydrogens is 260 g/mol. The monoisotopic (exact) mass is 280 g/mol. The molecule has 0 atom stereocenters. The number of carbonyl (C=O) groups is 2. The minimum atomic E-state index is -0.291. The number of aliphatic hydroxyl groups excluding tert-OH is 1. The van der Waals surface area contributed by atoms with Gasteiger partial charge in [-0.1, -0.05) is 6.08 Å². The highest BCUT2D eigenvalue weighted by Crippen LogP contribution is 2.01. The third kappa shape index (κ3) is 5.27. The Morgan fingerprint density at radius 3 is 2.90 bits per heavy atom. The average molecular weight is 280 g/mol. The Bertz CT molecular complexity index is 428. The first kappa shape index (κ1) is 16.0. The Hall–Kier alpha value is -2.08. The van der Waals surface area contributed by atoms with E-state index < -0.39 is 0 Å². The van der Waals surface area contributed by atoms with Gasteiger partial charge in [-0.2, -0.15) is 0 Å². The van der Waals surface area contributed by atoms with Crippen LogP contribution in [-0.2, 0) is 4.79 Å². The number of nitrogens with zero attached hydrogens (tertiary/aromatic N) is 1. The van der Waals surface area contributed by atoms with Crippen molar-refractivity contribution >= 4 is 11.8 Å². The first-order chi connectivity index (χ1) is 9.69. The van der Waals surface area contributed by atoms with Crippen LogP contribution in [0.15, 0.2) is 35.5 Å². The van der Waals surface area contributed by atoms with Crippen molar-refractivity contribution in [1.82, 2.24) is 10.2 Å². The van der Waals surface area contributed by atoms with Crippen molar-refractivity contribution < 1.29 is 19.1 Å². The Morgan fingerprint density at radius 1 is 1.50 bits per heavy atom. The molecule has 0 aliphatic heterocycles. The number of hydrogen-bond acceptors (Lipinski definition) is 4. The fraction of sp³-hybridized carbons (Fsp3) is 0.429. The van der Waals surface area contributed by atoms with E-state index in [9.17, 15) is 9.59 Å². The summed E-state index contributed by atoms with van der Waals surface area (Å²) in [7, 11) is 0. The van der Waals surface area contributed by atoms with Gasteiger partial charge in [0.05, 0.1) is 12.9 Å². The van der Waals surface area contributed by atoms with Crippen molar-refractivity contribution in [3.63, 3.8) is 0 Å². The third-order valence-electron chi connectivity index (χ3n) is 2.67. The van der Waals surface area contributed by atoms with Crippen LogP contribution in [0.3, 0.4) is 0 Å². The van der Waals surface area contributed by atoms with Crippen LogP contribution in [0.5, 0.6) is 0 Å². The standard InChI is InChI=1S/C14H20N2O4/c1-2-8-16(9-10-17)13(18)6-3-7-15-14(19)12-5-4-11-20-12/h2,4-5,11,17H,1,3,6-10H2,(H,15,19). The van der Waals surface area contributed by atoms with Gasteiger partial charge in [-0.05, 0) is 18.6 Å². The molecule has 0 saturated carbocycles. The van der Waals surface area contributed by atoms with Crippen molar-refractivity contribution in [2.45, 2.75) is 12.8 Å². The van der Waals surface area contributed by atoms with E-state index >= 15 is 0 Å². The minimum Gasteiger partial charge on any atom is -0.459 e. The van der Waals surface area contributed by atoms with E-state index in [-0.39, 0.29) is 24.2 Å². The molecule has 0 radical (unpaired) electrons. The molecule has 1 rings (SSSR count). The zero-order valence-electron chi connectivity index (χ0n) is 11.4. The smallest absolute Gasteiger partial charge is 0.286 e. The van der Waals surface area contributed by atoms with E-state index in [4.69, 9.17) is 9.52 Å². The van der Waals surface area contributed by atoms with E-state index in [0.717, 1.165) is 0 Å². The average Bonchev–Trinajstić information content (AvgIpc) is 2.97. The van der Waals surface area contributed by atoms with Crippen LogP contribution in [0.4, 0.5) is 0 Å². The van der Waals surface area contributed by atoms with Crippen molar-refractivity contribution in [2.24, 2.45) is 0 Å². The lowest BCUT2D eigenvalue weighted by Gasteiger charge is -2.19. The maximum absolute atomic E-state index is 11.8. The minimum absolute atomic E-state index is 0.0637. The number of carbonyl (C=O) groups excluding carboxylic acids is 2. The maximum atomic E-state index is 11.8. The topological polar surface area (TPSA) is 82.8 Å². The molecule has 0 aliphatic carbocycles. The molecule has 0 aromatic carbocycles. The van der Waals surface area contributed by atoms with Crippen LogP contribution < -0.4 is 5.32 Å². The van der Waals surface area contributed by atoms with E-state index in [0.29, 0.717) is 32.5 Å². The van der Waals surface area contributed by atoms with E-state index in [2.05, 4.69) is 11.9 Å². The number of amides is 2. The van der Waals surface area contributed by atoms with Crippen LogP contribution >= 0.6 is 0 Å². The molecule has 0 aliphatic rings. The molecular formula is C14H20N2O4. The Balaban J connectivity index is 2.24. The summed E-state index contributed by atoms with van der Waals surface area (Å²) in [6.07, 6.45) is 3.89. The van der Waals surface area contributed by atoms with Gasteiger partial charge in [0.1, 0.15) is 0 Å². The Labute approximate surface area is 118 Å². The quantitative estimate of drug-likeness (QED) is 0.517. The molecule has 0 fully saturated rings. The van der Waals surface area contributed by atoms with Gasteiger partial charge >= 0.3 is 0 Å². The molecule has 20 heavy (non-hydrogen) atoms. The van der Waals surface area contributed by atoms with Crippen LogP contribution in [0.1, 0.15) is 23.4 Å². The molecule has 1 aromatic rings. The van der Waals surface area contributed by atoms with E-state index in [1.807, 2.05) is 0 Å². The molecule has 110 valence electrons. The number of rotatable bonds is 9. The second-order valence-corrected chi connectivity index (χ2v) is 4.19. The molecule has 1 heterocycles. The van der Waals surface area contributed by atoms with Crippen LogP contribution in [0.2, 0.25) is 0 Å². The highest BCUT2D eigenvalue weighted by molar-refractivity contribution is 5.91. The van der Waals surface area contributed by atoms with Crippen LogP contribution in [0.25, 0.3) is 0 Å². The van der Waals surface area contributed by atoms with Crippen molar-refractivity contribution in [3.05, 3.63) is 36.8 Å². The predicted octanol–water partition coefficient (Wildman–Crippen LogP) is 0.796. The summed E-state index contributed by atoms with van der Waals surface area (Å²) < 4.78 is 4.95. The molecule has 0 bridgehead atoms. The van der Waals surface area contributed by atoms with E-state index in [1.54, 1.807) is 18.2 Å². The normalized spacial score (nSPS) is 10.1. The SMILES string of the molecule is C=CCN(CCO)C(=O)CCCNC(=O)c1ccco1. The highest BCUT2D eigenvalue weighted by Gasteiger charge is 2.12. The summed E-state index contributed by atoms with van der Waals surface area (Å²) in [5, 5.41) is 11.5. The number of furan rings is 1. The Kier molecular flexibility index (Phi) is 7.13. The molecule has 2 amide bonds. The molecule has 2 N–H and O–H groups in total. The summed E-state index contributed by atoms with van der Waals surface area (Å²) in [6, 6.07) is 3.22. The summed E-state index contributed by atoms with van der Waals surface area (Å²) in [6.45, 7) is 4.60. The first-order valence-electron chi connectivity index (χ1n) is 6.50. The van der Waals surface area contributed by atoms with Crippen LogP contribution in [0, 0.1) is 0 Å². The maximum Gasteiger partial charge on any atom is 0.286 e. The zero-order valence-corrected chi connectivity index (χ0v) is 11.4. The lowest BCUT2D eigenvalue weighted by Crippen LogP contribution is -2.34. The van der Waals surface area contributed by atoms with Crippen molar-refractivity contribution in [3.8, 4) is 0 Å². The van der Waals surface area contributed by atoms with Gasteiger partial charge in [0.25, 0.3) is 5.91 Å². The number of nitrogens with one attached hydrogen (secondary N) is 1. The zero-order chi connectivity index (χ0) is 14.8. The highest BCUT2D eigenvalue weighted by atomic mass is 16.3. The lowest BCUT2D eigenvalue weighted by molar-refractivity contribution is -0.131. The van der Waals surface area contributed by atoms with Gasteiger partial charge in [-0.15, -0.1) is 6.58 Å². The van der Waals surface area contributed by atoms with Gasteiger partial charge in [0, 0.05) is 26.1 Å². The van der Waals surface area contributed by atoms with Gasteiger partial charge in [-0.3, -0.25) is 9.59 Å². The van der Waals surface area contributed by atoms with Gasteiger partial charge in [-0.25, -0.2) is 0 Å². The van der Waals surface area contributed by atoms with Gasteiger partial charge in [0.2, 0.25) is 5.91 Å². The number of aliphatic hydroxyl groups is 1. The second kappa shape index (κ2) is 8.92. The summed E-state index contributed by atoms with van der Waals surface area (Å²) in [5.74, 6) is -0.100. The predicted molar refractivity (Wildman–Crippen MR) is 74.1 cm³/mol. The summed E-state index contributed by atoms with van der Waals surface area (Å²) >= 11 is 0. The summed E-state index contributed by atoms with van der Waals surface area (Å²) in [5.41, 5.74) is 0. The molecule has 0 saturated heterocycles. The molecule has 6 nitrogen and oxygen atoms in total. The summed E-state index contributed by atoms with van der Waals surface area (Å²) in [4.78, 5) is 24.9. The van der Waals surface area contributed by atoms with E-state index in [1.165, 1.54) is 11.2 Å². The van der Waals surface area contributed by atoms with Gasteiger partial charge < -0.3 is 19.7 Å². The van der Waals surface area contributed by atoms with Crippen molar-refractivity contribution in [1.29, 1.82) is 0 Å². The number of hydrogen-bond donors (Lipinski definition) is 2. The third-order valence-corrected chi connectivity index (χ3v) is 2.67. The largest absolute Gasteiger partial charge is 0.459 e. The van der Waals surface area contributed by atoms with Crippen molar-refractivity contribution in [2.75, 3.05) is 26.2 Å². The molecule has 0 unspecified atom stereocenters. The fourth-order valence-electron chi connectivity index (χ4n) is 1.69. The van der Waals surface area contributed by atoms with Crippen LogP contribution in [-0.4, -0.2) is 48.1 Å². The lowest BCUT2D eigenvalue weighted by atomic mass is 10.2. The fourth-order valence-corrected chi connectivity index (χ4v) is 1.69. The molecule has 0 spiro atoms. The molecule has 6 heteroatoms.